The highest BCUT2D eigenvalue weighted by atomic mass is 16.5. The summed E-state index contributed by atoms with van der Waals surface area (Å²) < 4.78 is 5.34. The summed E-state index contributed by atoms with van der Waals surface area (Å²) in [5.74, 6) is 0.588. The minimum atomic E-state index is -0.425. The van der Waals surface area contributed by atoms with Crippen LogP contribution < -0.4 is 11.1 Å². The summed E-state index contributed by atoms with van der Waals surface area (Å²) in [6.45, 7) is 6.67. The number of rotatable bonds is 6. The number of ether oxygens (including phenoxy) is 1. The Morgan fingerprint density at radius 1 is 1.37 bits per heavy atom. The number of hydrogen-bond donors (Lipinski definition) is 2. The third-order valence-corrected chi connectivity index (χ3v) is 4.23. The average Bonchev–Trinajstić information content (AvgIpc) is 2.38. The summed E-state index contributed by atoms with van der Waals surface area (Å²) in [5.41, 5.74) is 5.41. The number of nitrogens with two attached hydrogens (primary N) is 1. The van der Waals surface area contributed by atoms with Gasteiger partial charge in [-0.05, 0) is 32.9 Å². The first-order chi connectivity index (χ1) is 8.93. The summed E-state index contributed by atoms with van der Waals surface area (Å²) in [5, 5.41) is 3.09. The zero-order valence-electron chi connectivity index (χ0n) is 12.7. The Morgan fingerprint density at radius 2 is 1.95 bits per heavy atom. The molecule has 0 aromatic rings. The molecule has 0 spiro atoms. The third kappa shape index (κ3) is 4.16. The molecule has 0 aromatic heterocycles. The van der Waals surface area contributed by atoms with Crippen molar-refractivity contribution in [3.63, 3.8) is 0 Å². The molecule has 5 heteroatoms. The zero-order valence-corrected chi connectivity index (χ0v) is 12.7. The molecule has 112 valence electrons. The largest absolute Gasteiger partial charge is 0.381 e. The number of carbonyl (C=O) groups is 1. The molecule has 0 aliphatic carbocycles. The predicted octanol–water partition coefficient (Wildman–Crippen LogP) is 0.444. The second-order valence-corrected chi connectivity index (χ2v) is 6.08. The molecule has 0 radical (unpaired) electrons. The molecule has 5 nitrogen and oxygen atoms in total. The Morgan fingerprint density at radius 3 is 2.37 bits per heavy atom. The summed E-state index contributed by atoms with van der Waals surface area (Å²) in [7, 11) is 4.09. The van der Waals surface area contributed by atoms with Crippen molar-refractivity contribution in [2.45, 2.75) is 32.7 Å². The van der Waals surface area contributed by atoms with Crippen molar-refractivity contribution in [1.82, 2.24) is 10.2 Å². The maximum absolute atomic E-state index is 12.4. The van der Waals surface area contributed by atoms with Crippen LogP contribution in [0.1, 0.15) is 26.7 Å². The van der Waals surface area contributed by atoms with Crippen LogP contribution >= 0.6 is 0 Å². The fraction of sp³-hybridized carbons (Fsp3) is 0.929. The molecule has 0 aromatic carbocycles. The number of hydrogen-bond acceptors (Lipinski definition) is 4. The van der Waals surface area contributed by atoms with E-state index in [2.05, 4.69) is 24.1 Å². The van der Waals surface area contributed by atoms with E-state index in [1.807, 2.05) is 14.1 Å². The molecule has 19 heavy (non-hydrogen) atoms. The average molecular weight is 271 g/mol. The van der Waals surface area contributed by atoms with Crippen molar-refractivity contribution in [3.05, 3.63) is 0 Å². The molecule has 3 N–H and O–H groups in total. The molecule has 0 bridgehead atoms. The highest BCUT2D eigenvalue weighted by Crippen LogP contribution is 2.29. The Labute approximate surface area is 116 Å². The molecule has 1 rings (SSSR count). The summed E-state index contributed by atoms with van der Waals surface area (Å²) >= 11 is 0. The van der Waals surface area contributed by atoms with Gasteiger partial charge in [-0.3, -0.25) is 4.79 Å². The second-order valence-electron chi connectivity index (χ2n) is 6.08. The highest BCUT2D eigenvalue weighted by Gasteiger charge is 2.38. The number of carbonyl (C=O) groups excluding carboxylic acids is 1. The van der Waals surface area contributed by atoms with E-state index in [1.54, 1.807) is 0 Å². The van der Waals surface area contributed by atoms with Gasteiger partial charge in [0, 0.05) is 32.3 Å². The van der Waals surface area contributed by atoms with Gasteiger partial charge in [-0.1, -0.05) is 13.8 Å². The van der Waals surface area contributed by atoms with Gasteiger partial charge in [-0.2, -0.15) is 0 Å². The number of nitrogens with zero attached hydrogens (tertiary/aromatic N) is 1. The van der Waals surface area contributed by atoms with E-state index in [9.17, 15) is 4.79 Å². The molecular formula is C14H29N3O2. The Hall–Kier alpha value is -0.650. The van der Waals surface area contributed by atoms with Crippen LogP contribution in [0.25, 0.3) is 0 Å². The lowest BCUT2D eigenvalue weighted by Gasteiger charge is -2.36. The maximum atomic E-state index is 12.4. The topological polar surface area (TPSA) is 67.6 Å². The first kappa shape index (κ1) is 16.4. The fourth-order valence-electron chi connectivity index (χ4n) is 2.69. The third-order valence-electron chi connectivity index (χ3n) is 4.23. The summed E-state index contributed by atoms with van der Waals surface area (Å²) in [6.07, 6.45) is 1.45. The van der Waals surface area contributed by atoms with Gasteiger partial charge in [0.25, 0.3) is 0 Å². The Balaban J connectivity index is 2.57. The van der Waals surface area contributed by atoms with Crippen molar-refractivity contribution < 1.29 is 9.53 Å². The van der Waals surface area contributed by atoms with Crippen LogP contribution in [0.5, 0.6) is 0 Å². The molecule has 1 unspecified atom stereocenters. The SMILES string of the molecule is CC(C)C(CNC(=O)C1(CN)CCOCC1)N(C)C. The highest BCUT2D eigenvalue weighted by molar-refractivity contribution is 5.83. The van der Waals surface area contributed by atoms with Crippen LogP contribution in [0.2, 0.25) is 0 Å². The van der Waals surface area contributed by atoms with Gasteiger partial charge in [0.15, 0.2) is 0 Å². The van der Waals surface area contributed by atoms with Crippen LogP contribution in [-0.2, 0) is 9.53 Å². The van der Waals surface area contributed by atoms with E-state index in [4.69, 9.17) is 10.5 Å². The van der Waals surface area contributed by atoms with Crippen LogP contribution in [0.4, 0.5) is 0 Å². The molecule has 1 atom stereocenters. The normalized spacial score (nSPS) is 20.6. The predicted molar refractivity (Wildman–Crippen MR) is 76.9 cm³/mol. The minimum absolute atomic E-state index is 0.0887. The molecule has 1 aliphatic rings. The van der Waals surface area contributed by atoms with Crippen molar-refractivity contribution in [2.75, 3.05) is 40.4 Å². The van der Waals surface area contributed by atoms with E-state index < -0.39 is 5.41 Å². The van der Waals surface area contributed by atoms with Crippen LogP contribution in [0.15, 0.2) is 0 Å². The van der Waals surface area contributed by atoms with E-state index in [-0.39, 0.29) is 5.91 Å². The zero-order chi connectivity index (χ0) is 14.5. The lowest BCUT2D eigenvalue weighted by atomic mass is 9.79. The minimum Gasteiger partial charge on any atom is -0.381 e. The number of nitrogens with one attached hydrogen (secondary N) is 1. The summed E-state index contributed by atoms with van der Waals surface area (Å²) in [6, 6.07) is 0.346. The van der Waals surface area contributed by atoms with Gasteiger partial charge in [0.2, 0.25) is 5.91 Å². The molecule has 1 amide bonds. The van der Waals surface area contributed by atoms with Crippen molar-refractivity contribution in [1.29, 1.82) is 0 Å². The van der Waals surface area contributed by atoms with Crippen LogP contribution in [0, 0.1) is 11.3 Å². The summed E-state index contributed by atoms with van der Waals surface area (Å²) in [4.78, 5) is 14.6. The first-order valence-corrected chi connectivity index (χ1v) is 7.15. The Bertz CT molecular complexity index is 278. The molecule has 1 fully saturated rings. The first-order valence-electron chi connectivity index (χ1n) is 7.15. The maximum Gasteiger partial charge on any atom is 0.227 e. The van der Waals surface area contributed by atoms with Gasteiger partial charge in [0.1, 0.15) is 0 Å². The molecule has 0 saturated carbocycles. The number of likely N-dealkylation sites (N-methyl/N-ethyl adjacent to an activating group) is 1. The monoisotopic (exact) mass is 271 g/mol. The smallest absolute Gasteiger partial charge is 0.227 e. The van der Waals surface area contributed by atoms with Gasteiger partial charge < -0.3 is 20.7 Å². The van der Waals surface area contributed by atoms with E-state index in [0.717, 1.165) is 12.8 Å². The Kier molecular flexibility index (Phi) is 6.23. The van der Waals surface area contributed by atoms with Gasteiger partial charge in [-0.25, -0.2) is 0 Å². The van der Waals surface area contributed by atoms with Crippen LogP contribution in [-0.4, -0.2) is 57.2 Å². The van der Waals surface area contributed by atoms with Gasteiger partial charge in [0.05, 0.1) is 5.41 Å². The fourth-order valence-corrected chi connectivity index (χ4v) is 2.69. The number of amides is 1. The lowest BCUT2D eigenvalue weighted by Crippen LogP contribution is -2.52. The lowest BCUT2D eigenvalue weighted by molar-refractivity contribution is -0.136. The standard InChI is InChI=1S/C14H29N3O2/c1-11(2)12(17(3)4)9-16-13(18)14(10-15)5-7-19-8-6-14/h11-12H,5-10,15H2,1-4H3,(H,16,18). The molecule has 1 saturated heterocycles. The van der Waals surface area contributed by atoms with Gasteiger partial charge >= 0.3 is 0 Å². The van der Waals surface area contributed by atoms with Crippen LogP contribution in [0.3, 0.4) is 0 Å². The molecular weight excluding hydrogens is 242 g/mol. The van der Waals surface area contributed by atoms with Crippen molar-refractivity contribution >= 4 is 5.91 Å². The second kappa shape index (κ2) is 7.22. The van der Waals surface area contributed by atoms with E-state index in [0.29, 0.717) is 38.3 Å². The molecule has 1 heterocycles. The van der Waals surface area contributed by atoms with Crippen molar-refractivity contribution in [2.24, 2.45) is 17.1 Å². The quantitative estimate of drug-likeness (QED) is 0.736. The van der Waals surface area contributed by atoms with E-state index >= 15 is 0 Å². The molecule has 1 aliphatic heterocycles. The van der Waals surface area contributed by atoms with Crippen molar-refractivity contribution in [3.8, 4) is 0 Å². The van der Waals surface area contributed by atoms with Gasteiger partial charge in [-0.15, -0.1) is 0 Å². The van der Waals surface area contributed by atoms with E-state index in [1.165, 1.54) is 0 Å².